The van der Waals surface area contributed by atoms with Crippen LogP contribution in [0.4, 0.5) is 0 Å². The van der Waals surface area contributed by atoms with Crippen molar-refractivity contribution in [2.45, 2.75) is 58.5 Å². The van der Waals surface area contributed by atoms with Gasteiger partial charge >= 0.3 is 0 Å². The highest BCUT2D eigenvalue weighted by Crippen LogP contribution is 2.41. The lowest BCUT2D eigenvalue weighted by molar-refractivity contribution is -0.280. The van der Waals surface area contributed by atoms with E-state index in [4.69, 9.17) is 9.47 Å². The monoisotopic (exact) mass is 248 g/mol. The van der Waals surface area contributed by atoms with Gasteiger partial charge in [0.1, 0.15) is 0 Å². The minimum absolute atomic E-state index is 0.132. The summed E-state index contributed by atoms with van der Waals surface area (Å²) in [5.41, 5.74) is 1.09. The lowest BCUT2D eigenvalue weighted by Crippen LogP contribution is -2.44. The number of hydrogen-bond donors (Lipinski definition) is 0. The summed E-state index contributed by atoms with van der Waals surface area (Å²) in [5, 5.41) is 0. The molecule has 1 aliphatic rings. The summed E-state index contributed by atoms with van der Waals surface area (Å²) < 4.78 is 11.9. The molecule has 0 unspecified atom stereocenters. The third kappa shape index (κ3) is 2.93. The van der Waals surface area contributed by atoms with Gasteiger partial charge < -0.3 is 9.47 Å². The van der Waals surface area contributed by atoms with Crippen LogP contribution in [0.1, 0.15) is 46.1 Å². The molecule has 0 aromatic heterocycles. The molecule has 1 fully saturated rings. The molecule has 18 heavy (non-hydrogen) atoms. The second-order valence-corrected chi connectivity index (χ2v) is 5.79. The van der Waals surface area contributed by atoms with Crippen molar-refractivity contribution >= 4 is 0 Å². The highest BCUT2D eigenvalue weighted by Gasteiger charge is 2.41. The molecule has 0 saturated carbocycles. The summed E-state index contributed by atoms with van der Waals surface area (Å²) in [6.07, 6.45) is 2.08. The standard InChI is InChI=1S/C16H24O2/c1-12(2)10-16(15-8-6-5-7-9-15)11-13(3)17-14(4)18-16/h5-9,12-14H,10-11H2,1-4H3/t13-,14-,16+/m0/s1. The molecule has 1 aliphatic heterocycles. The maximum Gasteiger partial charge on any atom is 0.156 e. The third-order valence-corrected chi connectivity index (χ3v) is 3.47. The van der Waals surface area contributed by atoms with Crippen LogP contribution in [0, 0.1) is 5.92 Å². The van der Waals surface area contributed by atoms with Crippen molar-refractivity contribution in [1.29, 1.82) is 0 Å². The van der Waals surface area contributed by atoms with Crippen LogP contribution >= 0.6 is 0 Å². The molecular weight excluding hydrogens is 224 g/mol. The summed E-state index contributed by atoms with van der Waals surface area (Å²) >= 11 is 0. The smallest absolute Gasteiger partial charge is 0.156 e. The molecule has 2 nitrogen and oxygen atoms in total. The Morgan fingerprint density at radius 3 is 2.44 bits per heavy atom. The molecule has 1 aromatic carbocycles. The van der Waals surface area contributed by atoms with Crippen molar-refractivity contribution in [3.63, 3.8) is 0 Å². The Kier molecular flexibility index (Phi) is 4.08. The van der Waals surface area contributed by atoms with E-state index >= 15 is 0 Å². The summed E-state index contributed by atoms with van der Waals surface area (Å²) in [4.78, 5) is 0. The molecule has 3 atom stereocenters. The fourth-order valence-electron chi connectivity index (χ4n) is 3.07. The Balaban J connectivity index is 2.34. The van der Waals surface area contributed by atoms with E-state index in [2.05, 4.69) is 51.1 Å². The fourth-order valence-corrected chi connectivity index (χ4v) is 3.07. The van der Waals surface area contributed by atoms with Crippen molar-refractivity contribution < 1.29 is 9.47 Å². The van der Waals surface area contributed by atoms with Crippen LogP contribution in [0.3, 0.4) is 0 Å². The first-order valence-electron chi connectivity index (χ1n) is 6.90. The van der Waals surface area contributed by atoms with Crippen molar-refractivity contribution in [3.05, 3.63) is 35.9 Å². The second-order valence-electron chi connectivity index (χ2n) is 5.79. The zero-order chi connectivity index (χ0) is 13.2. The van der Waals surface area contributed by atoms with Crippen LogP contribution < -0.4 is 0 Å². The molecule has 1 saturated heterocycles. The van der Waals surface area contributed by atoms with Crippen molar-refractivity contribution in [2.75, 3.05) is 0 Å². The molecule has 2 rings (SSSR count). The first-order chi connectivity index (χ1) is 8.52. The topological polar surface area (TPSA) is 18.5 Å². The van der Waals surface area contributed by atoms with Crippen LogP contribution in [0.5, 0.6) is 0 Å². The first kappa shape index (κ1) is 13.6. The van der Waals surface area contributed by atoms with Gasteiger partial charge in [-0.05, 0) is 31.7 Å². The van der Waals surface area contributed by atoms with Gasteiger partial charge in [0, 0.05) is 6.42 Å². The molecule has 1 heterocycles. The quantitative estimate of drug-likeness (QED) is 0.801. The highest BCUT2D eigenvalue weighted by atomic mass is 16.7. The lowest BCUT2D eigenvalue weighted by Gasteiger charge is -2.44. The Morgan fingerprint density at radius 2 is 1.89 bits per heavy atom. The third-order valence-electron chi connectivity index (χ3n) is 3.47. The molecule has 0 spiro atoms. The predicted octanol–water partition coefficient (Wildman–Crippen LogP) is 4.10. The van der Waals surface area contributed by atoms with Gasteiger partial charge in [0.2, 0.25) is 0 Å². The first-order valence-corrected chi connectivity index (χ1v) is 6.90. The van der Waals surface area contributed by atoms with Crippen LogP contribution in [0.15, 0.2) is 30.3 Å². The molecule has 2 heteroatoms. The Labute approximate surface area is 110 Å². The van der Waals surface area contributed by atoms with Gasteiger partial charge in [0.25, 0.3) is 0 Å². The second kappa shape index (κ2) is 5.41. The molecule has 100 valence electrons. The number of rotatable bonds is 3. The minimum Gasteiger partial charge on any atom is -0.350 e. The van der Waals surface area contributed by atoms with E-state index in [0.717, 1.165) is 12.8 Å². The van der Waals surface area contributed by atoms with E-state index in [1.807, 2.05) is 6.92 Å². The van der Waals surface area contributed by atoms with Gasteiger partial charge in [-0.1, -0.05) is 44.2 Å². The number of ether oxygens (including phenoxy) is 2. The van der Waals surface area contributed by atoms with E-state index < -0.39 is 0 Å². The molecule has 0 radical (unpaired) electrons. The maximum atomic E-state index is 6.22. The molecular formula is C16H24O2. The van der Waals surface area contributed by atoms with E-state index in [1.165, 1.54) is 5.56 Å². The highest BCUT2D eigenvalue weighted by molar-refractivity contribution is 5.23. The van der Waals surface area contributed by atoms with Gasteiger partial charge in [-0.3, -0.25) is 0 Å². The van der Waals surface area contributed by atoms with E-state index in [0.29, 0.717) is 5.92 Å². The van der Waals surface area contributed by atoms with Crippen LogP contribution in [0.2, 0.25) is 0 Å². The number of benzene rings is 1. The molecule has 0 bridgehead atoms. The van der Waals surface area contributed by atoms with Gasteiger partial charge in [-0.15, -0.1) is 0 Å². The SMILES string of the molecule is CC(C)C[C@]1(c2ccccc2)C[C@H](C)O[C@H](C)O1. The van der Waals surface area contributed by atoms with Gasteiger partial charge in [0.15, 0.2) is 6.29 Å². The molecule has 0 N–H and O–H groups in total. The zero-order valence-electron chi connectivity index (χ0n) is 11.8. The Bertz CT molecular complexity index is 356. The van der Waals surface area contributed by atoms with Crippen molar-refractivity contribution in [3.8, 4) is 0 Å². The summed E-state index contributed by atoms with van der Waals surface area (Å²) in [6, 6.07) is 10.6. The largest absolute Gasteiger partial charge is 0.350 e. The molecule has 0 aliphatic carbocycles. The fraction of sp³-hybridized carbons (Fsp3) is 0.625. The normalized spacial score (nSPS) is 32.7. The van der Waals surface area contributed by atoms with Gasteiger partial charge in [0.05, 0.1) is 11.7 Å². The molecule has 0 amide bonds. The van der Waals surface area contributed by atoms with Crippen LogP contribution in [0.25, 0.3) is 0 Å². The van der Waals surface area contributed by atoms with Crippen LogP contribution in [-0.4, -0.2) is 12.4 Å². The predicted molar refractivity (Wildman–Crippen MR) is 73.3 cm³/mol. The Morgan fingerprint density at radius 1 is 1.22 bits per heavy atom. The van der Waals surface area contributed by atoms with Gasteiger partial charge in [-0.25, -0.2) is 0 Å². The zero-order valence-corrected chi connectivity index (χ0v) is 11.8. The van der Waals surface area contributed by atoms with Crippen LogP contribution in [-0.2, 0) is 15.1 Å². The van der Waals surface area contributed by atoms with E-state index in [-0.39, 0.29) is 18.0 Å². The Hall–Kier alpha value is -0.860. The van der Waals surface area contributed by atoms with E-state index in [1.54, 1.807) is 0 Å². The average molecular weight is 248 g/mol. The van der Waals surface area contributed by atoms with E-state index in [9.17, 15) is 0 Å². The minimum atomic E-state index is -0.188. The molecule has 1 aromatic rings. The number of hydrogen-bond acceptors (Lipinski definition) is 2. The summed E-state index contributed by atoms with van der Waals surface area (Å²) in [7, 11) is 0. The lowest BCUT2D eigenvalue weighted by atomic mass is 9.80. The summed E-state index contributed by atoms with van der Waals surface area (Å²) in [5.74, 6) is 0.600. The maximum absolute atomic E-state index is 6.22. The average Bonchev–Trinajstić information content (AvgIpc) is 2.27. The van der Waals surface area contributed by atoms with Crippen molar-refractivity contribution in [1.82, 2.24) is 0 Å². The summed E-state index contributed by atoms with van der Waals surface area (Å²) in [6.45, 7) is 8.63. The van der Waals surface area contributed by atoms with Crippen molar-refractivity contribution in [2.24, 2.45) is 5.92 Å². The van der Waals surface area contributed by atoms with Gasteiger partial charge in [-0.2, -0.15) is 0 Å².